The summed E-state index contributed by atoms with van der Waals surface area (Å²) in [5, 5.41) is 0. The zero-order chi connectivity index (χ0) is 11.5. The smallest absolute Gasteiger partial charge is 0.0564 e. The summed E-state index contributed by atoms with van der Waals surface area (Å²) in [7, 11) is 0. The molecule has 1 aliphatic carbocycles. The summed E-state index contributed by atoms with van der Waals surface area (Å²) < 4.78 is 0. The van der Waals surface area contributed by atoms with Crippen molar-refractivity contribution in [2.75, 3.05) is 19.6 Å². The number of rotatable bonds is 6. The van der Waals surface area contributed by atoms with Crippen LogP contribution in [0.25, 0.3) is 0 Å². The van der Waals surface area contributed by atoms with Crippen molar-refractivity contribution < 1.29 is 0 Å². The molecule has 0 aromatic carbocycles. The largest absolute Gasteiger partial charge is 0.329 e. The second kappa shape index (κ2) is 5.30. The van der Waals surface area contributed by atoms with Crippen molar-refractivity contribution in [2.24, 2.45) is 11.7 Å². The Morgan fingerprint density at radius 1 is 1.50 bits per heavy atom. The van der Waals surface area contributed by atoms with Crippen LogP contribution in [-0.4, -0.2) is 24.5 Å². The van der Waals surface area contributed by atoms with Crippen LogP contribution in [0, 0.1) is 12.8 Å². The van der Waals surface area contributed by atoms with Gasteiger partial charge in [0, 0.05) is 22.8 Å². The van der Waals surface area contributed by atoms with Crippen LogP contribution in [0.15, 0.2) is 12.1 Å². The number of nitrogens with two attached hydrogens (primary N) is 1. The second-order valence-electron chi connectivity index (χ2n) is 4.73. The minimum absolute atomic E-state index is 0.435. The number of likely N-dealkylation sites (N-methyl/N-ethyl adjacent to an activating group) is 1. The highest BCUT2D eigenvalue weighted by Crippen LogP contribution is 2.33. The first kappa shape index (κ1) is 12.1. The summed E-state index contributed by atoms with van der Waals surface area (Å²) in [6.07, 6.45) is 2.83. The van der Waals surface area contributed by atoms with Gasteiger partial charge < -0.3 is 5.73 Å². The molecule has 3 heteroatoms. The third-order valence-electron chi connectivity index (χ3n) is 3.35. The molecule has 1 heterocycles. The molecule has 0 spiro atoms. The van der Waals surface area contributed by atoms with Gasteiger partial charge in [0.25, 0.3) is 0 Å². The van der Waals surface area contributed by atoms with Gasteiger partial charge in [-0.3, -0.25) is 4.90 Å². The SMILES string of the molecule is CCN(CC1CC1)C(CN)c1ccc(C)s1. The van der Waals surface area contributed by atoms with Gasteiger partial charge in [-0.2, -0.15) is 0 Å². The van der Waals surface area contributed by atoms with E-state index in [1.165, 1.54) is 29.1 Å². The lowest BCUT2D eigenvalue weighted by Gasteiger charge is -2.29. The standard InChI is InChI=1S/C13H22N2S/c1-3-15(9-11-5-6-11)12(8-14)13-7-4-10(2)16-13/h4,7,11-12H,3,5-6,8-9,14H2,1-2H3. The molecule has 2 nitrogen and oxygen atoms in total. The Balaban J connectivity index is 2.06. The van der Waals surface area contributed by atoms with Gasteiger partial charge in [0.15, 0.2) is 0 Å². The Morgan fingerprint density at radius 2 is 2.25 bits per heavy atom. The number of nitrogens with zero attached hydrogens (tertiary/aromatic N) is 1. The van der Waals surface area contributed by atoms with Crippen molar-refractivity contribution in [1.82, 2.24) is 4.90 Å². The van der Waals surface area contributed by atoms with E-state index in [0.717, 1.165) is 19.0 Å². The fourth-order valence-corrected chi connectivity index (χ4v) is 3.21. The maximum Gasteiger partial charge on any atom is 0.0564 e. The molecule has 1 saturated carbocycles. The number of hydrogen-bond acceptors (Lipinski definition) is 3. The first-order chi connectivity index (χ1) is 7.74. The summed E-state index contributed by atoms with van der Waals surface area (Å²) in [5.74, 6) is 0.940. The molecule has 90 valence electrons. The Kier molecular flexibility index (Phi) is 4.00. The van der Waals surface area contributed by atoms with E-state index in [0.29, 0.717) is 6.04 Å². The fourth-order valence-electron chi connectivity index (χ4n) is 2.19. The first-order valence-electron chi connectivity index (χ1n) is 6.25. The van der Waals surface area contributed by atoms with Crippen molar-refractivity contribution in [3.8, 4) is 0 Å². The average molecular weight is 238 g/mol. The van der Waals surface area contributed by atoms with Gasteiger partial charge in [-0.1, -0.05) is 6.92 Å². The number of hydrogen-bond donors (Lipinski definition) is 1. The lowest BCUT2D eigenvalue weighted by Crippen LogP contribution is -2.34. The topological polar surface area (TPSA) is 29.3 Å². The van der Waals surface area contributed by atoms with Crippen molar-refractivity contribution >= 4 is 11.3 Å². The normalized spacial score (nSPS) is 18.0. The zero-order valence-electron chi connectivity index (χ0n) is 10.3. The highest BCUT2D eigenvalue weighted by atomic mass is 32.1. The molecule has 16 heavy (non-hydrogen) atoms. The molecular formula is C13H22N2S. The Morgan fingerprint density at radius 3 is 2.69 bits per heavy atom. The average Bonchev–Trinajstić information content (AvgIpc) is 3.00. The molecule has 1 atom stereocenters. The van der Waals surface area contributed by atoms with E-state index in [9.17, 15) is 0 Å². The summed E-state index contributed by atoms with van der Waals surface area (Å²) in [6, 6.07) is 4.88. The molecule has 1 aromatic heterocycles. The predicted molar refractivity (Wildman–Crippen MR) is 70.8 cm³/mol. The summed E-state index contributed by atoms with van der Waals surface area (Å²) in [6.45, 7) is 7.48. The van der Waals surface area contributed by atoms with Crippen LogP contribution in [0.2, 0.25) is 0 Å². The Bertz CT molecular complexity index is 330. The molecule has 2 N–H and O–H groups in total. The van der Waals surface area contributed by atoms with E-state index in [1.54, 1.807) is 0 Å². The van der Waals surface area contributed by atoms with Crippen LogP contribution < -0.4 is 5.73 Å². The summed E-state index contributed by atoms with van der Waals surface area (Å²) >= 11 is 1.89. The first-order valence-corrected chi connectivity index (χ1v) is 7.06. The third kappa shape index (κ3) is 2.84. The molecular weight excluding hydrogens is 216 g/mol. The molecule has 0 bridgehead atoms. The van der Waals surface area contributed by atoms with Gasteiger partial charge in [0.05, 0.1) is 6.04 Å². The molecule has 0 amide bonds. The number of aryl methyl sites for hydroxylation is 1. The maximum absolute atomic E-state index is 5.95. The second-order valence-corrected chi connectivity index (χ2v) is 6.05. The van der Waals surface area contributed by atoms with Crippen LogP contribution in [0.3, 0.4) is 0 Å². The van der Waals surface area contributed by atoms with Crippen molar-refractivity contribution in [1.29, 1.82) is 0 Å². The van der Waals surface area contributed by atoms with E-state index in [4.69, 9.17) is 5.73 Å². The highest BCUT2D eigenvalue weighted by Gasteiger charge is 2.27. The van der Waals surface area contributed by atoms with Gasteiger partial charge >= 0.3 is 0 Å². The van der Waals surface area contributed by atoms with Gasteiger partial charge in [-0.15, -0.1) is 11.3 Å². The van der Waals surface area contributed by atoms with Gasteiger partial charge in [-0.25, -0.2) is 0 Å². The lowest BCUT2D eigenvalue weighted by molar-refractivity contribution is 0.206. The molecule has 2 rings (SSSR count). The zero-order valence-corrected chi connectivity index (χ0v) is 11.1. The van der Waals surface area contributed by atoms with E-state index in [-0.39, 0.29) is 0 Å². The molecule has 0 saturated heterocycles. The van der Waals surface area contributed by atoms with E-state index in [2.05, 4.69) is 30.9 Å². The fraction of sp³-hybridized carbons (Fsp3) is 0.692. The number of thiophene rings is 1. The van der Waals surface area contributed by atoms with E-state index < -0.39 is 0 Å². The van der Waals surface area contributed by atoms with E-state index >= 15 is 0 Å². The Labute approximate surface area is 102 Å². The van der Waals surface area contributed by atoms with Crippen molar-refractivity contribution in [3.63, 3.8) is 0 Å². The van der Waals surface area contributed by atoms with Crippen LogP contribution >= 0.6 is 11.3 Å². The molecule has 0 radical (unpaired) electrons. The summed E-state index contributed by atoms with van der Waals surface area (Å²) in [4.78, 5) is 5.36. The van der Waals surface area contributed by atoms with Crippen LogP contribution in [0.4, 0.5) is 0 Å². The molecule has 1 fully saturated rings. The molecule has 0 aliphatic heterocycles. The minimum atomic E-state index is 0.435. The molecule has 1 unspecified atom stereocenters. The van der Waals surface area contributed by atoms with Gasteiger partial charge in [0.2, 0.25) is 0 Å². The van der Waals surface area contributed by atoms with E-state index in [1.807, 2.05) is 11.3 Å². The Hall–Kier alpha value is -0.380. The van der Waals surface area contributed by atoms with Crippen LogP contribution in [-0.2, 0) is 0 Å². The lowest BCUT2D eigenvalue weighted by atomic mass is 10.2. The summed E-state index contributed by atoms with van der Waals surface area (Å²) in [5.41, 5.74) is 5.95. The monoisotopic (exact) mass is 238 g/mol. The minimum Gasteiger partial charge on any atom is -0.329 e. The van der Waals surface area contributed by atoms with Gasteiger partial charge in [-0.05, 0) is 44.4 Å². The molecule has 1 aromatic rings. The molecule has 1 aliphatic rings. The third-order valence-corrected chi connectivity index (χ3v) is 4.45. The van der Waals surface area contributed by atoms with Crippen molar-refractivity contribution in [2.45, 2.75) is 32.7 Å². The predicted octanol–water partition coefficient (Wildman–Crippen LogP) is 2.79. The van der Waals surface area contributed by atoms with Crippen LogP contribution in [0.5, 0.6) is 0 Å². The van der Waals surface area contributed by atoms with Gasteiger partial charge in [0.1, 0.15) is 0 Å². The highest BCUT2D eigenvalue weighted by molar-refractivity contribution is 7.12. The quantitative estimate of drug-likeness (QED) is 0.825. The van der Waals surface area contributed by atoms with Crippen molar-refractivity contribution in [3.05, 3.63) is 21.9 Å². The van der Waals surface area contributed by atoms with Crippen LogP contribution in [0.1, 0.15) is 35.6 Å². The maximum atomic E-state index is 5.95.